The number of carbonyl (C=O) groups excluding carboxylic acids is 1. The molecule has 1 aliphatic carbocycles. The van der Waals surface area contributed by atoms with Crippen LogP contribution in [0, 0.1) is 0 Å². The SMILES string of the molecule is CS(=O)(=O)NC(=O)c1ccc(-c2ccc(CCCNC[C@@H](O)c3ccccc3)cc2)cc1C1CCCC1. The van der Waals surface area contributed by atoms with Crippen molar-refractivity contribution >= 4 is 15.9 Å². The van der Waals surface area contributed by atoms with E-state index in [1.165, 1.54) is 5.56 Å². The van der Waals surface area contributed by atoms with Crippen LogP contribution in [0.1, 0.15) is 71.2 Å². The van der Waals surface area contributed by atoms with Gasteiger partial charge in [0.2, 0.25) is 10.0 Å². The lowest BCUT2D eigenvalue weighted by Crippen LogP contribution is -2.30. The maximum absolute atomic E-state index is 12.7. The number of aliphatic hydroxyl groups is 1. The molecule has 1 aliphatic rings. The van der Waals surface area contributed by atoms with Gasteiger partial charge in [-0.1, -0.05) is 79.6 Å². The summed E-state index contributed by atoms with van der Waals surface area (Å²) in [4.78, 5) is 12.7. The molecular weight excluding hydrogens is 484 g/mol. The monoisotopic (exact) mass is 520 g/mol. The summed E-state index contributed by atoms with van der Waals surface area (Å²) in [5.41, 5.74) is 5.65. The average Bonchev–Trinajstić information content (AvgIpc) is 3.43. The third-order valence-corrected chi connectivity index (χ3v) is 7.55. The summed E-state index contributed by atoms with van der Waals surface area (Å²) in [6, 6.07) is 23.9. The van der Waals surface area contributed by atoms with Crippen LogP contribution in [0.5, 0.6) is 0 Å². The second kappa shape index (κ2) is 12.5. The van der Waals surface area contributed by atoms with Gasteiger partial charge in [0.15, 0.2) is 0 Å². The number of sulfonamides is 1. The van der Waals surface area contributed by atoms with Crippen molar-refractivity contribution in [3.8, 4) is 11.1 Å². The lowest BCUT2D eigenvalue weighted by molar-refractivity contribution is 0.0980. The van der Waals surface area contributed by atoms with Gasteiger partial charge in [-0.05, 0) is 72.0 Å². The van der Waals surface area contributed by atoms with Crippen molar-refractivity contribution < 1.29 is 18.3 Å². The van der Waals surface area contributed by atoms with Gasteiger partial charge in [-0.3, -0.25) is 4.79 Å². The van der Waals surface area contributed by atoms with Gasteiger partial charge in [-0.2, -0.15) is 0 Å². The molecule has 0 unspecified atom stereocenters. The Bertz CT molecular complexity index is 1280. The third-order valence-electron chi connectivity index (χ3n) is 7.00. The molecule has 0 spiro atoms. The van der Waals surface area contributed by atoms with E-state index in [0.29, 0.717) is 12.1 Å². The molecule has 6 nitrogen and oxygen atoms in total. The Labute approximate surface area is 220 Å². The molecule has 0 aromatic heterocycles. The Morgan fingerprint density at radius 3 is 2.32 bits per heavy atom. The second-order valence-corrected chi connectivity index (χ2v) is 11.7. The molecule has 196 valence electrons. The molecule has 1 saturated carbocycles. The largest absolute Gasteiger partial charge is 0.387 e. The fourth-order valence-electron chi connectivity index (χ4n) is 5.06. The van der Waals surface area contributed by atoms with Crippen molar-refractivity contribution in [2.75, 3.05) is 19.3 Å². The van der Waals surface area contributed by atoms with Crippen molar-refractivity contribution in [2.45, 2.75) is 50.5 Å². The zero-order valence-corrected chi connectivity index (χ0v) is 22.1. The zero-order valence-electron chi connectivity index (χ0n) is 21.3. The van der Waals surface area contributed by atoms with Crippen molar-refractivity contribution in [3.63, 3.8) is 0 Å². The first-order valence-corrected chi connectivity index (χ1v) is 14.9. The highest BCUT2D eigenvalue weighted by Gasteiger charge is 2.24. The summed E-state index contributed by atoms with van der Waals surface area (Å²) in [6.45, 7) is 1.36. The van der Waals surface area contributed by atoms with Gasteiger partial charge in [-0.25, -0.2) is 13.1 Å². The predicted octanol–water partition coefficient (Wildman–Crippen LogP) is 4.96. The molecule has 1 amide bonds. The van der Waals surface area contributed by atoms with Crippen molar-refractivity contribution in [1.82, 2.24) is 10.0 Å². The number of aryl methyl sites for hydroxylation is 1. The van der Waals surface area contributed by atoms with Crippen LogP contribution in [0.25, 0.3) is 11.1 Å². The van der Waals surface area contributed by atoms with Crippen molar-refractivity contribution in [3.05, 3.63) is 95.1 Å². The molecule has 3 aromatic rings. The standard InChI is InChI=1S/C30H36N2O4S/c1-37(35,36)32-30(34)27-18-17-26(20-28(27)24-9-5-6-10-24)23-15-13-22(14-16-23)8-7-19-31-21-29(33)25-11-3-2-4-12-25/h2-4,11-18,20,24,29,31,33H,5-10,19,21H2,1H3,(H,32,34)/t29-/m1/s1. The Balaban J connectivity index is 1.36. The Morgan fingerprint density at radius 1 is 0.973 bits per heavy atom. The highest BCUT2D eigenvalue weighted by Crippen LogP contribution is 2.38. The number of hydrogen-bond donors (Lipinski definition) is 3. The van der Waals surface area contributed by atoms with Gasteiger partial charge < -0.3 is 10.4 Å². The average molecular weight is 521 g/mol. The number of rotatable bonds is 11. The Kier molecular flexibility index (Phi) is 9.14. The summed E-state index contributed by atoms with van der Waals surface area (Å²) < 4.78 is 25.4. The number of hydrogen-bond acceptors (Lipinski definition) is 5. The van der Waals surface area contributed by atoms with Gasteiger partial charge in [0.1, 0.15) is 0 Å². The van der Waals surface area contributed by atoms with E-state index in [4.69, 9.17) is 0 Å². The van der Waals surface area contributed by atoms with Gasteiger partial charge in [0, 0.05) is 12.1 Å². The molecule has 0 radical (unpaired) electrons. The third kappa shape index (κ3) is 7.74. The molecule has 0 bridgehead atoms. The van der Waals surface area contributed by atoms with E-state index >= 15 is 0 Å². The number of amides is 1. The summed E-state index contributed by atoms with van der Waals surface area (Å²) in [5.74, 6) is -0.288. The highest BCUT2D eigenvalue weighted by molar-refractivity contribution is 7.89. The second-order valence-electron chi connectivity index (χ2n) is 9.92. The number of carbonyl (C=O) groups is 1. The van der Waals surface area contributed by atoms with Crippen LogP contribution in [-0.2, 0) is 16.4 Å². The quantitative estimate of drug-likeness (QED) is 0.311. The number of aliphatic hydroxyl groups excluding tert-OH is 1. The molecule has 0 aliphatic heterocycles. The van der Waals surface area contributed by atoms with E-state index in [1.807, 2.05) is 36.4 Å². The summed E-state index contributed by atoms with van der Waals surface area (Å²) >= 11 is 0. The fraction of sp³-hybridized carbons (Fsp3) is 0.367. The number of nitrogens with one attached hydrogen (secondary N) is 2. The molecule has 3 aromatic carbocycles. The molecule has 1 atom stereocenters. The minimum Gasteiger partial charge on any atom is -0.387 e. The van der Waals surface area contributed by atoms with E-state index in [9.17, 15) is 18.3 Å². The topological polar surface area (TPSA) is 95.5 Å². The first-order chi connectivity index (χ1) is 17.8. The Morgan fingerprint density at radius 2 is 1.65 bits per heavy atom. The highest BCUT2D eigenvalue weighted by atomic mass is 32.2. The van der Waals surface area contributed by atoms with E-state index in [0.717, 1.165) is 73.6 Å². The van der Waals surface area contributed by atoms with Crippen LogP contribution in [0.4, 0.5) is 0 Å². The van der Waals surface area contributed by atoms with E-state index in [1.54, 1.807) is 6.07 Å². The zero-order chi connectivity index (χ0) is 26.3. The van der Waals surface area contributed by atoms with E-state index in [-0.39, 0.29) is 5.92 Å². The van der Waals surface area contributed by atoms with Crippen molar-refractivity contribution in [1.29, 1.82) is 0 Å². The minimum absolute atomic E-state index is 0.271. The van der Waals surface area contributed by atoms with Crippen LogP contribution < -0.4 is 10.0 Å². The van der Waals surface area contributed by atoms with E-state index in [2.05, 4.69) is 40.4 Å². The maximum Gasteiger partial charge on any atom is 0.265 e. The molecular formula is C30H36N2O4S. The first kappa shape index (κ1) is 27.0. The normalized spacial score (nSPS) is 15.0. The van der Waals surface area contributed by atoms with Crippen LogP contribution in [0.2, 0.25) is 0 Å². The molecule has 1 fully saturated rings. The summed E-state index contributed by atoms with van der Waals surface area (Å²) in [5, 5.41) is 13.6. The summed E-state index contributed by atoms with van der Waals surface area (Å²) in [6.07, 6.45) is 6.67. The van der Waals surface area contributed by atoms with Gasteiger partial charge in [0.05, 0.1) is 12.4 Å². The van der Waals surface area contributed by atoms with Crippen LogP contribution in [0.15, 0.2) is 72.8 Å². The van der Waals surface area contributed by atoms with E-state index < -0.39 is 22.0 Å². The molecule has 3 N–H and O–H groups in total. The van der Waals surface area contributed by atoms with Gasteiger partial charge in [0.25, 0.3) is 5.91 Å². The fourth-order valence-corrected chi connectivity index (χ4v) is 5.51. The van der Waals surface area contributed by atoms with Crippen LogP contribution in [0.3, 0.4) is 0 Å². The number of benzene rings is 3. The minimum atomic E-state index is -3.62. The Hall–Kier alpha value is -3.00. The lowest BCUT2D eigenvalue weighted by Gasteiger charge is -2.17. The molecule has 7 heteroatoms. The first-order valence-electron chi connectivity index (χ1n) is 13.0. The summed E-state index contributed by atoms with van der Waals surface area (Å²) in [7, 11) is -3.62. The molecule has 37 heavy (non-hydrogen) atoms. The molecule has 4 rings (SSSR count). The van der Waals surface area contributed by atoms with Crippen LogP contribution in [-0.4, -0.2) is 38.8 Å². The lowest BCUT2D eigenvalue weighted by atomic mass is 9.89. The molecule has 0 heterocycles. The molecule has 0 saturated heterocycles. The smallest absolute Gasteiger partial charge is 0.265 e. The van der Waals surface area contributed by atoms with Gasteiger partial charge >= 0.3 is 0 Å². The van der Waals surface area contributed by atoms with Crippen LogP contribution >= 0.6 is 0 Å². The predicted molar refractivity (Wildman–Crippen MR) is 148 cm³/mol. The van der Waals surface area contributed by atoms with Crippen molar-refractivity contribution in [2.24, 2.45) is 0 Å². The van der Waals surface area contributed by atoms with Gasteiger partial charge in [-0.15, -0.1) is 0 Å². The maximum atomic E-state index is 12.7.